The minimum atomic E-state index is -1.21. The molecule has 0 saturated heterocycles. The van der Waals surface area contributed by atoms with Gasteiger partial charge in [-0.1, -0.05) is 26.0 Å². The lowest BCUT2D eigenvalue weighted by Crippen LogP contribution is -2.41. The summed E-state index contributed by atoms with van der Waals surface area (Å²) in [4.78, 5) is 30.3. The van der Waals surface area contributed by atoms with Gasteiger partial charge in [-0.2, -0.15) is 0 Å². The quantitative estimate of drug-likeness (QED) is 0.294. The number of pyridine rings is 3. The van der Waals surface area contributed by atoms with Crippen molar-refractivity contribution >= 4 is 16.9 Å². The molecule has 4 aromatic rings. The molecule has 8 heteroatoms. The van der Waals surface area contributed by atoms with Crippen molar-refractivity contribution < 1.29 is 19.8 Å². The molecule has 0 bridgehead atoms. The van der Waals surface area contributed by atoms with Crippen LogP contribution < -0.4 is 15.5 Å². The Balaban J connectivity index is 1.84. The van der Waals surface area contributed by atoms with E-state index in [-0.39, 0.29) is 16.9 Å². The van der Waals surface area contributed by atoms with E-state index in [2.05, 4.69) is 10.3 Å². The number of benzene rings is 1. The minimum absolute atomic E-state index is 0.0410. The van der Waals surface area contributed by atoms with Gasteiger partial charge in [0, 0.05) is 35.4 Å². The molecule has 3 aromatic heterocycles. The first-order chi connectivity index (χ1) is 16.6. The third-order valence-electron chi connectivity index (χ3n) is 5.69. The summed E-state index contributed by atoms with van der Waals surface area (Å²) in [5.74, 6) is -0.181. The van der Waals surface area contributed by atoms with E-state index >= 15 is 0 Å². The Kier molecular flexibility index (Phi) is 6.41. The fourth-order valence-electron chi connectivity index (χ4n) is 3.89. The number of amides is 1. The van der Waals surface area contributed by atoms with Gasteiger partial charge in [0.25, 0.3) is 11.6 Å². The molecule has 0 atom stereocenters. The molecule has 3 N–H and O–H groups in total. The number of hydrogen-bond donors (Lipinski definition) is 3. The first kappa shape index (κ1) is 24.1. The molecule has 0 spiro atoms. The lowest BCUT2D eigenvalue weighted by atomic mass is 10.0. The molecule has 0 aliphatic carbocycles. The van der Waals surface area contributed by atoms with Crippen LogP contribution in [-0.2, 0) is 5.60 Å². The van der Waals surface area contributed by atoms with Crippen molar-refractivity contribution in [1.82, 2.24) is 14.9 Å². The summed E-state index contributed by atoms with van der Waals surface area (Å²) in [5.41, 5.74) is 1.46. The molecular weight excluding hydrogens is 444 g/mol. The summed E-state index contributed by atoms with van der Waals surface area (Å²) in [6.07, 6.45) is 4.65. The molecule has 0 saturated carbocycles. The highest BCUT2D eigenvalue weighted by Crippen LogP contribution is 2.25. The number of hydrogen-bond acceptors (Lipinski definition) is 5. The van der Waals surface area contributed by atoms with Gasteiger partial charge in [-0.25, -0.2) is 4.98 Å². The van der Waals surface area contributed by atoms with Crippen molar-refractivity contribution in [1.29, 1.82) is 0 Å². The van der Waals surface area contributed by atoms with Gasteiger partial charge in [-0.3, -0.25) is 14.8 Å². The highest BCUT2D eigenvalue weighted by Gasteiger charge is 2.28. The number of nitrogens with zero attached hydrogens (tertiary/aromatic N) is 3. The summed E-state index contributed by atoms with van der Waals surface area (Å²) in [7, 11) is 0. The number of carbonyl (C=O) groups is 1. The van der Waals surface area contributed by atoms with E-state index < -0.39 is 11.5 Å². The van der Waals surface area contributed by atoms with Gasteiger partial charge in [0.05, 0.1) is 10.9 Å². The molecule has 0 radical (unpaired) electrons. The predicted octanol–water partition coefficient (Wildman–Crippen LogP) is 3.19. The second kappa shape index (κ2) is 9.31. The summed E-state index contributed by atoms with van der Waals surface area (Å²) in [6, 6.07) is 14.3. The Morgan fingerprint density at radius 3 is 2.60 bits per heavy atom. The van der Waals surface area contributed by atoms with Crippen LogP contribution in [-0.4, -0.2) is 32.3 Å². The normalized spacial score (nSPS) is 11.7. The van der Waals surface area contributed by atoms with E-state index in [0.717, 1.165) is 15.9 Å². The second-order valence-corrected chi connectivity index (χ2v) is 9.48. The van der Waals surface area contributed by atoms with Gasteiger partial charge >= 0.3 is 0 Å². The number of aliphatic hydroxyl groups is 1. The lowest BCUT2D eigenvalue weighted by Gasteiger charge is -2.15. The lowest BCUT2D eigenvalue weighted by molar-refractivity contribution is -0.912. The molecule has 8 nitrogen and oxygen atoms in total. The van der Waals surface area contributed by atoms with Crippen LogP contribution in [0.2, 0.25) is 0 Å². The Labute approximate surface area is 203 Å². The van der Waals surface area contributed by atoms with Crippen LogP contribution in [0.5, 0.6) is 0 Å². The zero-order valence-electron chi connectivity index (χ0n) is 20.2. The highest BCUT2D eigenvalue weighted by molar-refractivity contribution is 5.97. The predicted molar refractivity (Wildman–Crippen MR) is 133 cm³/mol. The molecule has 1 aromatic carbocycles. The van der Waals surface area contributed by atoms with Gasteiger partial charge in [-0.05, 0) is 55.7 Å². The highest BCUT2D eigenvalue weighted by atomic mass is 16.5. The number of nitrogens with one attached hydrogen (secondary N) is 1. The number of rotatable bonds is 6. The van der Waals surface area contributed by atoms with E-state index in [1.165, 1.54) is 12.4 Å². The van der Waals surface area contributed by atoms with E-state index in [0.29, 0.717) is 29.0 Å². The molecule has 0 aliphatic rings. The average Bonchev–Trinajstić information content (AvgIpc) is 2.82. The maximum Gasteiger partial charge on any atom is 0.264 e. The standard InChI is InChI=1S/C27H28N4O4/c1-17(2)14-29-26(33)22-16-30(25-21(24(22)32)9-6-12-28-25)20-8-5-7-18(13-20)19-10-11-23(27(3,4)34)31(35)15-19/h5-13,15-17,34H,14H2,1-4H3,(H-,29,33,35)/p+1. The maximum absolute atomic E-state index is 13.1. The summed E-state index contributed by atoms with van der Waals surface area (Å²) in [6.45, 7) is 7.62. The van der Waals surface area contributed by atoms with E-state index in [1.807, 2.05) is 44.2 Å². The number of aromatic nitrogens is 3. The summed E-state index contributed by atoms with van der Waals surface area (Å²) >= 11 is 0. The van der Waals surface area contributed by atoms with Crippen molar-refractivity contribution in [3.8, 4) is 16.8 Å². The third kappa shape index (κ3) is 4.93. The van der Waals surface area contributed by atoms with Crippen LogP contribution in [0.15, 0.2) is 71.9 Å². The minimum Gasteiger partial charge on any atom is -0.379 e. The second-order valence-electron chi connectivity index (χ2n) is 9.48. The molecule has 0 unspecified atom stereocenters. The summed E-state index contributed by atoms with van der Waals surface area (Å²) < 4.78 is 2.64. The smallest absolute Gasteiger partial charge is 0.264 e. The fourth-order valence-corrected chi connectivity index (χ4v) is 3.89. The fraction of sp³-hybridized carbons (Fsp3) is 0.259. The van der Waals surface area contributed by atoms with Crippen molar-refractivity contribution in [3.63, 3.8) is 0 Å². The number of fused-ring (bicyclic) bond motifs is 1. The first-order valence-electron chi connectivity index (χ1n) is 11.4. The van der Waals surface area contributed by atoms with Gasteiger partial charge < -0.3 is 15.0 Å². The molecule has 0 aliphatic heterocycles. The molecule has 180 valence electrons. The molecule has 1 amide bonds. The maximum atomic E-state index is 13.1. The Morgan fingerprint density at radius 1 is 1.14 bits per heavy atom. The van der Waals surface area contributed by atoms with Crippen LogP contribution >= 0.6 is 0 Å². The molecule has 4 rings (SSSR count). The van der Waals surface area contributed by atoms with Crippen molar-refractivity contribution in [2.24, 2.45) is 5.92 Å². The van der Waals surface area contributed by atoms with Gasteiger partial charge in [0.15, 0.2) is 0 Å². The molecular formula is C27H29N4O4+. The topological polar surface area (TPSA) is 108 Å². The van der Waals surface area contributed by atoms with Crippen LogP contribution in [0.4, 0.5) is 0 Å². The van der Waals surface area contributed by atoms with E-state index in [4.69, 9.17) is 0 Å². The van der Waals surface area contributed by atoms with E-state index in [9.17, 15) is 19.9 Å². The average molecular weight is 474 g/mol. The van der Waals surface area contributed by atoms with Gasteiger partial charge in [0.2, 0.25) is 11.6 Å². The van der Waals surface area contributed by atoms with Gasteiger partial charge in [0.1, 0.15) is 16.8 Å². The molecule has 3 heterocycles. The molecule has 0 fully saturated rings. The largest absolute Gasteiger partial charge is 0.379 e. The Hall–Kier alpha value is -4.04. The van der Waals surface area contributed by atoms with Crippen molar-refractivity contribution in [2.45, 2.75) is 33.3 Å². The van der Waals surface area contributed by atoms with E-state index in [1.54, 1.807) is 42.8 Å². The summed E-state index contributed by atoms with van der Waals surface area (Å²) in [5, 5.41) is 23.8. The Morgan fingerprint density at radius 2 is 1.91 bits per heavy atom. The van der Waals surface area contributed by atoms with Crippen molar-refractivity contribution in [3.05, 3.63) is 88.6 Å². The molecule has 35 heavy (non-hydrogen) atoms. The van der Waals surface area contributed by atoms with Crippen LogP contribution in [0, 0.1) is 5.92 Å². The first-order valence-corrected chi connectivity index (χ1v) is 11.4. The third-order valence-corrected chi connectivity index (χ3v) is 5.69. The van der Waals surface area contributed by atoms with Crippen LogP contribution in [0.3, 0.4) is 0 Å². The van der Waals surface area contributed by atoms with Crippen molar-refractivity contribution in [2.75, 3.05) is 6.54 Å². The van der Waals surface area contributed by atoms with Crippen LogP contribution in [0.25, 0.3) is 27.8 Å². The number of carbonyl (C=O) groups excluding carboxylic acids is 1. The monoisotopic (exact) mass is 473 g/mol. The SMILES string of the molecule is CC(C)CNC(=O)c1cn(-c2cccc(-c3ccc(C(C)(C)O)[n+](O)c3)c2)c2ncccc2c1=O. The van der Waals surface area contributed by atoms with Gasteiger partial charge in [-0.15, -0.1) is 0 Å². The zero-order chi connectivity index (χ0) is 25.3. The Bertz CT molecular complexity index is 1470. The zero-order valence-corrected chi connectivity index (χ0v) is 20.2. The van der Waals surface area contributed by atoms with Crippen LogP contribution in [0.1, 0.15) is 43.7 Å².